The maximum atomic E-state index is 13.0. The lowest BCUT2D eigenvalue weighted by Crippen LogP contribution is -2.22. The van der Waals surface area contributed by atoms with E-state index in [0.717, 1.165) is 11.3 Å². The van der Waals surface area contributed by atoms with Crippen molar-refractivity contribution in [3.8, 4) is 28.4 Å². The van der Waals surface area contributed by atoms with Crippen molar-refractivity contribution in [2.24, 2.45) is 0 Å². The summed E-state index contributed by atoms with van der Waals surface area (Å²) >= 11 is 1.34. The summed E-state index contributed by atoms with van der Waals surface area (Å²) in [5.74, 6) is 1.67. The minimum atomic E-state index is -0.288. The minimum Gasteiger partial charge on any atom is -0.454 e. The molecule has 3 heterocycles. The standard InChI is InChI=1S/C26H18N4O4S/c1-15-27-20-5-3-2-4-19(20)25(32)30(15)18-9-6-16(7-10-18)24(31)29-26-28-21(13-35-26)17-8-11-22-23(12-17)34-14-33-22/h2-13H,14H2,1H3,(H,28,29,31). The fourth-order valence-corrected chi connectivity index (χ4v) is 4.71. The van der Waals surface area contributed by atoms with Gasteiger partial charge in [-0.25, -0.2) is 9.97 Å². The van der Waals surface area contributed by atoms with Crippen LogP contribution < -0.4 is 20.3 Å². The molecule has 3 aromatic carbocycles. The number of anilines is 1. The topological polar surface area (TPSA) is 95.3 Å². The van der Waals surface area contributed by atoms with E-state index in [1.807, 2.05) is 41.8 Å². The summed E-state index contributed by atoms with van der Waals surface area (Å²) in [4.78, 5) is 34.9. The molecule has 1 amide bonds. The maximum Gasteiger partial charge on any atom is 0.265 e. The molecule has 0 bridgehead atoms. The minimum absolute atomic E-state index is 0.149. The first-order valence-corrected chi connectivity index (χ1v) is 11.7. The highest BCUT2D eigenvalue weighted by atomic mass is 32.1. The van der Waals surface area contributed by atoms with E-state index >= 15 is 0 Å². The van der Waals surface area contributed by atoms with Crippen molar-refractivity contribution in [3.05, 3.63) is 93.9 Å². The van der Waals surface area contributed by atoms with Crippen molar-refractivity contribution < 1.29 is 14.3 Å². The Hall–Kier alpha value is -4.50. The number of carbonyl (C=O) groups excluding carboxylic acids is 1. The summed E-state index contributed by atoms with van der Waals surface area (Å²) < 4.78 is 12.3. The van der Waals surface area contributed by atoms with Crippen molar-refractivity contribution >= 4 is 33.3 Å². The highest BCUT2D eigenvalue weighted by Crippen LogP contribution is 2.36. The van der Waals surface area contributed by atoms with E-state index in [9.17, 15) is 9.59 Å². The number of fused-ring (bicyclic) bond motifs is 2. The van der Waals surface area contributed by atoms with E-state index in [4.69, 9.17) is 9.47 Å². The van der Waals surface area contributed by atoms with Gasteiger partial charge in [0.1, 0.15) is 5.82 Å². The molecule has 35 heavy (non-hydrogen) atoms. The van der Waals surface area contributed by atoms with Gasteiger partial charge in [-0.1, -0.05) is 12.1 Å². The number of hydrogen-bond donors (Lipinski definition) is 1. The van der Waals surface area contributed by atoms with Crippen LogP contribution in [0.15, 0.2) is 76.9 Å². The number of carbonyl (C=O) groups is 1. The van der Waals surface area contributed by atoms with Crippen LogP contribution in [0.2, 0.25) is 0 Å². The van der Waals surface area contributed by atoms with Crippen LogP contribution in [0, 0.1) is 6.92 Å². The lowest BCUT2D eigenvalue weighted by molar-refractivity contribution is 0.102. The molecule has 0 radical (unpaired) electrons. The van der Waals surface area contributed by atoms with Gasteiger partial charge in [0, 0.05) is 16.5 Å². The van der Waals surface area contributed by atoms with Crippen molar-refractivity contribution in [2.75, 3.05) is 12.1 Å². The number of aryl methyl sites for hydroxylation is 1. The molecule has 0 aliphatic carbocycles. The highest BCUT2D eigenvalue weighted by Gasteiger charge is 2.16. The molecule has 1 N–H and O–H groups in total. The van der Waals surface area contributed by atoms with Gasteiger partial charge < -0.3 is 9.47 Å². The molecule has 1 aliphatic heterocycles. The molecular weight excluding hydrogens is 464 g/mol. The van der Waals surface area contributed by atoms with Crippen molar-refractivity contribution in [2.45, 2.75) is 6.92 Å². The van der Waals surface area contributed by atoms with Gasteiger partial charge in [-0.3, -0.25) is 19.5 Å². The van der Waals surface area contributed by atoms with Crippen LogP contribution in [-0.4, -0.2) is 27.2 Å². The predicted octanol–water partition coefficient (Wildman–Crippen LogP) is 4.80. The first-order valence-electron chi connectivity index (χ1n) is 10.8. The Balaban J connectivity index is 1.22. The molecule has 9 heteroatoms. The average Bonchev–Trinajstić information content (AvgIpc) is 3.53. The van der Waals surface area contributed by atoms with Gasteiger partial charge >= 0.3 is 0 Å². The van der Waals surface area contributed by atoms with Gasteiger partial charge in [0.25, 0.3) is 11.5 Å². The van der Waals surface area contributed by atoms with Gasteiger partial charge in [-0.2, -0.15) is 0 Å². The summed E-state index contributed by atoms with van der Waals surface area (Å²) in [5.41, 5.74) is 3.21. The number of para-hydroxylation sites is 1. The van der Waals surface area contributed by atoms with Gasteiger partial charge in [-0.15, -0.1) is 11.3 Å². The monoisotopic (exact) mass is 482 g/mol. The molecular formula is C26H18N4O4S. The van der Waals surface area contributed by atoms with Crippen LogP contribution in [0.3, 0.4) is 0 Å². The quantitative estimate of drug-likeness (QED) is 0.395. The second-order valence-corrected chi connectivity index (χ2v) is 8.78. The van der Waals surface area contributed by atoms with E-state index in [1.54, 1.807) is 41.8 Å². The Morgan fingerprint density at radius 1 is 1.00 bits per heavy atom. The average molecular weight is 483 g/mol. The normalized spacial score (nSPS) is 12.1. The molecule has 0 unspecified atom stereocenters. The zero-order chi connectivity index (χ0) is 23.9. The van der Waals surface area contributed by atoms with Crippen LogP contribution in [0.1, 0.15) is 16.2 Å². The van der Waals surface area contributed by atoms with E-state index in [1.165, 1.54) is 11.3 Å². The molecule has 1 aliphatic rings. The number of ether oxygens (including phenoxy) is 2. The zero-order valence-electron chi connectivity index (χ0n) is 18.5. The summed E-state index contributed by atoms with van der Waals surface area (Å²) in [5, 5.41) is 5.74. The lowest BCUT2D eigenvalue weighted by Gasteiger charge is -2.11. The maximum absolute atomic E-state index is 13.0. The number of aromatic nitrogens is 3. The number of nitrogens with one attached hydrogen (secondary N) is 1. The Bertz CT molecular complexity index is 1660. The van der Waals surface area contributed by atoms with E-state index in [2.05, 4.69) is 15.3 Å². The van der Waals surface area contributed by atoms with E-state index in [0.29, 0.717) is 44.6 Å². The molecule has 0 saturated carbocycles. The molecule has 2 aromatic heterocycles. The molecule has 0 atom stereocenters. The first-order chi connectivity index (χ1) is 17.1. The van der Waals surface area contributed by atoms with Gasteiger partial charge in [0.15, 0.2) is 16.6 Å². The number of thiazole rings is 1. The second kappa shape index (κ2) is 8.37. The molecule has 0 saturated heterocycles. The first kappa shape index (κ1) is 21.1. The molecule has 8 nitrogen and oxygen atoms in total. The molecule has 5 aromatic rings. The lowest BCUT2D eigenvalue weighted by atomic mass is 10.1. The van der Waals surface area contributed by atoms with Crippen LogP contribution in [0.5, 0.6) is 11.5 Å². The fraction of sp³-hybridized carbons (Fsp3) is 0.0769. The number of hydrogen-bond acceptors (Lipinski definition) is 7. The molecule has 172 valence electrons. The molecule has 6 rings (SSSR count). The Labute approximate surface area is 203 Å². The Morgan fingerprint density at radius 2 is 1.80 bits per heavy atom. The number of benzene rings is 3. The smallest absolute Gasteiger partial charge is 0.265 e. The molecule has 0 spiro atoms. The van der Waals surface area contributed by atoms with Crippen molar-refractivity contribution in [3.63, 3.8) is 0 Å². The summed E-state index contributed by atoms with van der Waals surface area (Å²) in [6.07, 6.45) is 0. The van der Waals surface area contributed by atoms with Gasteiger partial charge in [0.05, 0.1) is 22.3 Å². The third kappa shape index (κ3) is 3.81. The van der Waals surface area contributed by atoms with Crippen molar-refractivity contribution in [1.29, 1.82) is 0 Å². The Morgan fingerprint density at radius 3 is 2.66 bits per heavy atom. The summed E-state index contributed by atoms with van der Waals surface area (Å²) in [7, 11) is 0. The van der Waals surface area contributed by atoms with Gasteiger partial charge in [-0.05, 0) is 61.5 Å². The van der Waals surface area contributed by atoms with Crippen molar-refractivity contribution in [1.82, 2.24) is 14.5 Å². The van der Waals surface area contributed by atoms with Crippen LogP contribution in [0.25, 0.3) is 27.8 Å². The Kier molecular flexibility index (Phi) is 5.04. The third-order valence-corrected chi connectivity index (χ3v) is 6.48. The third-order valence-electron chi connectivity index (χ3n) is 5.72. The van der Waals surface area contributed by atoms with Crippen LogP contribution in [-0.2, 0) is 0 Å². The molecule has 0 fully saturated rings. The second-order valence-electron chi connectivity index (χ2n) is 7.92. The number of rotatable bonds is 4. The van der Waals surface area contributed by atoms with Crippen LogP contribution >= 0.6 is 11.3 Å². The van der Waals surface area contributed by atoms with Gasteiger partial charge in [0.2, 0.25) is 6.79 Å². The summed E-state index contributed by atoms with van der Waals surface area (Å²) in [6, 6.07) is 19.7. The number of amides is 1. The van der Waals surface area contributed by atoms with Crippen LogP contribution in [0.4, 0.5) is 5.13 Å². The fourth-order valence-electron chi connectivity index (χ4n) is 4.00. The predicted molar refractivity (Wildman–Crippen MR) is 134 cm³/mol. The van der Waals surface area contributed by atoms with E-state index < -0.39 is 0 Å². The zero-order valence-corrected chi connectivity index (χ0v) is 19.3. The SMILES string of the molecule is Cc1nc2ccccc2c(=O)n1-c1ccc(C(=O)Nc2nc(-c3ccc4c(c3)OCO4)cs2)cc1. The largest absolute Gasteiger partial charge is 0.454 e. The number of nitrogens with zero attached hydrogens (tertiary/aromatic N) is 3. The highest BCUT2D eigenvalue weighted by molar-refractivity contribution is 7.14. The van der Waals surface area contributed by atoms with E-state index in [-0.39, 0.29) is 18.3 Å². The summed E-state index contributed by atoms with van der Waals surface area (Å²) in [6.45, 7) is 2.00.